The number of aromatic nitrogens is 5. The Hall–Kier alpha value is -2.94. The Labute approximate surface area is 169 Å². The highest BCUT2D eigenvalue weighted by Gasteiger charge is 2.26. The first-order valence-electron chi connectivity index (χ1n) is 9.93. The highest BCUT2D eigenvalue weighted by molar-refractivity contribution is 5.96. The SMILES string of the molecule is COc1cc(-c2n[nH]c(C(=O)NC3CCN(C)CC3)c2C(C)C)cn2ncnc12. The first-order chi connectivity index (χ1) is 14.0. The maximum Gasteiger partial charge on any atom is 0.269 e. The molecule has 3 aromatic heterocycles. The summed E-state index contributed by atoms with van der Waals surface area (Å²) in [7, 11) is 3.71. The lowest BCUT2D eigenvalue weighted by Gasteiger charge is -2.29. The van der Waals surface area contributed by atoms with Crippen LogP contribution in [0.4, 0.5) is 0 Å². The van der Waals surface area contributed by atoms with Gasteiger partial charge in [-0.15, -0.1) is 0 Å². The molecule has 4 heterocycles. The van der Waals surface area contributed by atoms with Gasteiger partial charge in [0, 0.05) is 23.4 Å². The molecule has 0 atom stereocenters. The van der Waals surface area contributed by atoms with Gasteiger partial charge in [0.1, 0.15) is 12.0 Å². The lowest BCUT2D eigenvalue weighted by Crippen LogP contribution is -2.43. The number of piperidine rings is 1. The third-order valence-corrected chi connectivity index (χ3v) is 5.50. The molecular weight excluding hydrogens is 370 g/mol. The van der Waals surface area contributed by atoms with E-state index in [9.17, 15) is 4.79 Å². The number of ether oxygens (including phenoxy) is 1. The molecule has 4 rings (SSSR count). The number of rotatable bonds is 5. The fourth-order valence-electron chi connectivity index (χ4n) is 3.89. The zero-order chi connectivity index (χ0) is 20.5. The number of nitrogens with zero attached hydrogens (tertiary/aromatic N) is 5. The van der Waals surface area contributed by atoms with Crippen LogP contribution in [0.2, 0.25) is 0 Å². The molecule has 1 amide bonds. The first kappa shape index (κ1) is 19.4. The molecule has 0 radical (unpaired) electrons. The highest BCUT2D eigenvalue weighted by Crippen LogP contribution is 2.33. The van der Waals surface area contributed by atoms with E-state index < -0.39 is 0 Å². The number of aromatic amines is 1. The van der Waals surface area contributed by atoms with Crippen molar-refractivity contribution in [1.82, 2.24) is 35.0 Å². The van der Waals surface area contributed by atoms with Crippen molar-refractivity contribution in [3.63, 3.8) is 0 Å². The maximum absolute atomic E-state index is 13.0. The molecule has 0 aromatic carbocycles. The topological polar surface area (TPSA) is 100 Å². The molecular formula is C20H27N7O2. The van der Waals surface area contributed by atoms with Crippen molar-refractivity contribution in [3.05, 3.63) is 29.8 Å². The van der Waals surface area contributed by atoms with Crippen LogP contribution in [0.5, 0.6) is 5.75 Å². The number of likely N-dealkylation sites (tertiary alicyclic amines) is 1. The number of nitrogens with one attached hydrogen (secondary N) is 2. The molecule has 2 N–H and O–H groups in total. The summed E-state index contributed by atoms with van der Waals surface area (Å²) in [6.07, 6.45) is 5.25. The molecule has 0 spiro atoms. The molecule has 9 nitrogen and oxygen atoms in total. The van der Waals surface area contributed by atoms with Gasteiger partial charge in [0.25, 0.3) is 5.91 Å². The van der Waals surface area contributed by atoms with Crippen molar-refractivity contribution in [2.75, 3.05) is 27.2 Å². The van der Waals surface area contributed by atoms with E-state index in [0.29, 0.717) is 17.1 Å². The van der Waals surface area contributed by atoms with Crippen LogP contribution in [0.25, 0.3) is 16.9 Å². The monoisotopic (exact) mass is 397 g/mol. The van der Waals surface area contributed by atoms with E-state index in [-0.39, 0.29) is 17.9 Å². The number of hydrogen-bond donors (Lipinski definition) is 2. The average Bonchev–Trinajstić information content (AvgIpc) is 3.35. The second kappa shape index (κ2) is 7.82. The lowest BCUT2D eigenvalue weighted by molar-refractivity contribution is 0.0910. The molecule has 1 aliphatic rings. The Balaban J connectivity index is 1.67. The van der Waals surface area contributed by atoms with Gasteiger partial charge in [0.15, 0.2) is 11.4 Å². The van der Waals surface area contributed by atoms with Crippen LogP contribution in [0.1, 0.15) is 48.7 Å². The zero-order valence-electron chi connectivity index (χ0n) is 17.3. The van der Waals surface area contributed by atoms with Crippen LogP contribution in [0, 0.1) is 0 Å². The Morgan fingerprint density at radius 1 is 1.34 bits per heavy atom. The van der Waals surface area contributed by atoms with Gasteiger partial charge in [-0.1, -0.05) is 13.8 Å². The number of fused-ring (bicyclic) bond motifs is 1. The van der Waals surface area contributed by atoms with Crippen LogP contribution in [0.15, 0.2) is 18.6 Å². The number of hydrogen-bond acceptors (Lipinski definition) is 6. The minimum absolute atomic E-state index is 0.101. The fourth-order valence-corrected chi connectivity index (χ4v) is 3.89. The molecule has 9 heteroatoms. The number of carbonyl (C=O) groups is 1. The lowest BCUT2D eigenvalue weighted by atomic mass is 9.96. The van der Waals surface area contributed by atoms with Crippen LogP contribution in [-0.2, 0) is 0 Å². The van der Waals surface area contributed by atoms with Gasteiger partial charge in [-0.2, -0.15) is 10.2 Å². The van der Waals surface area contributed by atoms with E-state index in [1.165, 1.54) is 6.33 Å². The normalized spacial score (nSPS) is 15.9. The van der Waals surface area contributed by atoms with Crippen molar-refractivity contribution in [1.29, 1.82) is 0 Å². The third-order valence-electron chi connectivity index (χ3n) is 5.50. The van der Waals surface area contributed by atoms with Gasteiger partial charge >= 0.3 is 0 Å². The van der Waals surface area contributed by atoms with Gasteiger partial charge in [-0.25, -0.2) is 9.50 Å². The molecule has 0 unspecified atom stereocenters. The Morgan fingerprint density at radius 2 is 2.10 bits per heavy atom. The predicted molar refractivity (Wildman–Crippen MR) is 109 cm³/mol. The molecule has 1 fully saturated rings. The second-order valence-electron chi connectivity index (χ2n) is 7.89. The van der Waals surface area contributed by atoms with Gasteiger partial charge in [0.2, 0.25) is 0 Å². The van der Waals surface area contributed by atoms with Crippen molar-refractivity contribution in [2.24, 2.45) is 0 Å². The van der Waals surface area contributed by atoms with Crippen molar-refractivity contribution in [2.45, 2.75) is 38.6 Å². The molecule has 0 aliphatic carbocycles. The van der Waals surface area contributed by atoms with Crippen molar-refractivity contribution in [3.8, 4) is 17.0 Å². The number of carbonyl (C=O) groups excluding carboxylic acids is 1. The Morgan fingerprint density at radius 3 is 2.79 bits per heavy atom. The number of methoxy groups -OCH3 is 1. The second-order valence-corrected chi connectivity index (χ2v) is 7.89. The molecule has 0 saturated carbocycles. The number of pyridine rings is 1. The summed E-state index contributed by atoms with van der Waals surface area (Å²) < 4.78 is 7.13. The fraction of sp³-hybridized carbons (Fsp3) is 0.500. The maximum atomic E-state index is 13.0. The number of amides is 1. The van der Waals surface area contributed by atoms with Crippen LogP contribution < -0.4 is 10.1 Å². The molecule has 154 valence electrons. The summed E-state index contributed by atoms with van der Waals surface area (Å²) >= 11 is 0. The summed E-state index contributed by atoms with van der Waals surface area (Å²) in [4.78, 5) is 19.5. The summed E-state index contributed by atoms with van der Waals surface area (Å²) in [5.41, 5.74) is 3.59. The number of H-pyrrole nitrogens is 1. The minimum atomic E-state index is -0.101. The minimum Gasteiger partial charge on any atom is -0.493 e. The van der Waals surface area contributed by atoms with Gasteiger partial charge < -0.3 is 15.0 Å². The van der Waals surface area contributed by atoms with Gasteiger partial charge in [-0.05, 0) is 45.0 Å². The predicted octanol–water partition coefficient (Wildman–Crippen LogP) is 2.08. The molecule has 1 aliphatic heterocycles. The standard InChI is InChI=1S/C20H27N7O2/c1-12(2)16-17(13-9-15(29-4)19-21-11-22-27(19)10-13)24-25-18(16)20(28)23-14-5-7-26(3)8-6-14/h9-12,14H,5-8H2,1-4H3,(H,23,28)(H,24,25). The Kier molecular flexibility index (Phi) is 5.23. The van der Waals surface area contributed by atoms with Crippen molar-refractivity contribution >= 4 is 11.6 Å². The largest absolute Gasteiger partial charge is 0.493 e. The van der Waals surface area contributed by atoms with E-state index in [0.717, 1.165) is 42.8 Å². The van der Waals surface area contributed by atoms with E-state index in [4.69, 9.17) is 4.74 Å². The van der Waals surface area contributed by atoms with Crippen LogP contribution in [-0.4, -0.2) is 68.9 Å². The molecule has 29 heavy (non-hydrogen) atoms. The average molecular weight is 397 g/mol. The summed E-state index contributed by atoms with van der Waals surface area (Å²) in [5.74, 6) is 0.616. The Bertz CT molecular complexity index is 1020. The van der Waals surface area contributed by atoms with Gasteiger partial charge in [-0.3, -0.25) is 9.89 Å². The van der Waals surface area contributed by atoms with E-state index in [2.05, 4.69) is 51.4 Å². The van der Waals surface area contributed by atoms with E-state index >= 15 is 0 Å². The van der Waals surface area contributed by atoms with Crippen LogP contribution in [0.3, 0.4) is 0 Å². The summed E-state index contributed by atoms with van der Waals surface area (Å²) in [6.45, 7) is 6.11. The summed E-state index contributed by atoms with van der Waals surface area (Å²) in [6, 6.07) is 2.07. The summed E-state index contributed by atoms with van der Waals surface area (Å²) in [5, 5.41) is 14.9. The van der Waals surface area contributed by atoms with Crippen molar-refractivity contribution < 1.29 is 9.53 Å². The van der Waals surface area contributed by atoms with Crippen LogP contribution >= 0.6 is 0 Å². The molecule has 3 aromatic rings. The molecule has 0 bridgehead atoms. The highest BCUT2D eigenvalue weighted by atomic mass is 16.5. The smallest absolute Gasteiger partial charge is 0.269 e. The quantitative estimate of drug-likeness (QED) is 0.684. The first-order valence-corrected chi connectivity index (χ1v) is 9.93. The molecule has 1 saturated heterocycles. The van der Waals surface area contributed by atoms with E-state index in [1.54, 1.807) is 11.6 Å². The van der Waals surface area contributed by atoms with E-state index in [1.807, 2.05) is 12.3 Å². The van der Waals surface area contributed by atoms with Gasteiger partial charge in [0.05, 0.1) is 12.8 Å². The zero-order valence-corrected chi connectivity index (χ0v) is 17.3. The third kappa shape index (κ3) is 3.69.